The first-order valence-electron chi connectivity index (χ1n) is 6.05. The number of hydrogen-bond acceptors (Lipinski definition) is 4. The van der Waals surface area contributed by atoms with Gasteiger partial charge < -0.3 is 4.74 Å². The van der Waals surface area contributed by atoms with Crippen LogP contribution < -0.4 is 9.46 Å². The molecule has 1 N–H and O–H groups in total. The maximum Gasteiger partial charge on any atom is 0.209 e. The largest absolute Gasteiger partial charge is 0.497 e. The zero-order valence-electron chi connectivity index (χ0n) is 11.6. The number of benzene rings is 1. The third kappa shape index (κ3) is 3.58. The number of methoxy groups -OCH3 is 1. The molecule has 0 radical (unpaired) electrons. The zero-order chi connectivity index (χ0) is 14.8. The fourth-order valence-corrected chi connectivity index (χ4v) is 2.62. The van der Waals surface area contributed by atoms with Crippen LogP contribution in [-0.2, 0) is 10.0 Å². The normalized spacial score (nSPS) is 13.2. The molecule has 0 aliphatic rings. The Kier molecular flexibility index (Phi) is 4.10. The topological polar surface area (TPSA) is 73.2 Å². The molecule has 20 heavy (non-hydrogen) atoms. The summed E-state index contributed by atoms with van der Waals surface area (Å²) < 4.78 is 31.8. The predicted molar refractivity (Wildman–Crippen MR) is 76.5 cm³/mol. The average Bonchev–Trinajstić information content (AvgIpc) is 2.86. The highest BCUT2D eigenvalue weighted by molar-refractivity contribution is 7.88. The molecule has 0 fully saturated rings. The van der Waals surface area contributed by atoms with E-state index in [4.69, 9.17) is 4.74 Å². The van der Waals surface area contributed by atoms with Gasteiger partial charge in [0.1, 0.15) is 5.75 Å². The molecule has 1 aromatic heterocycles. The van der Waals surface area contributed by atoms with Crippen molar-refractivity contribution in [3.63, 3.8) is 0 Å². The summed E-state index contributed by atoms with van der Waals surface area (Å²) in [7, 11) is -1.64. The fourth-order valence-electron chi connectivity index (χ4n) is 1.84. The van der Waals surface area contributed by atoms with Crippen LogP contribution in [0.4, 0.5) is 0 Å². The molecule has 1 heterocycles. The van der Waals surface area contributed by atoms with Crippen LogP contribution in [0.25, 0.3) is 5.69 Å². The Balaban J connectivity index is 2.24. The van der Waals surface area contributed by atoms with Crippen LogP contribution >= 0.6 is 0 Å². The van der Waals surface area contributed by atoms with Crippen molar-refractivity contribution >= 4 is 10.0 Å². The first kappa shape index (κ1) is 14.5. The van der Waals surface area contributed by atoms with Gasteiger partial charge in [-0.2, -0.15) is 5.10 Å². The number of nitrogens with one attached hydrogen (secondary N) is 1. The van der Waals surface area contributed by atoms with Gasteiger partial charge in [0.15, 0.2) is 0 Å². The molecule has 0 bridgehead atoms. The van der Waals surface area contributed by atoms with E-state index in [0.29, 0.717) is 0 Å². The van der Waals surface area contributed by atoms with E-state index < -0.39 is 10.0 Å². The maximum absolute atomic E-state index is 11.2. The van der Waals surface area contributed by atoms with Crippen molar-refractivity contribution in [1.82, 2.24) is 14.5 Å². The molecule has 1 aromatic carbocycles. The van der Waals surface area contributed by atoms with Gasteiger partial charge in [0, 0.05) is 23.9 Å². The van der Waals surface area contributed by atoms with E-state index in [1.54, 1.807) is 31.1 Å². The quantitative estimate of drug-likeness (QED) is 0.907. The van der Waals surface area contributed by atoms with Crippen LogP contribution in [-0.4, -0.2) is 31.6 Å². The Bertz CT molecular complexity index is 694. The second kappa shape index (κ2) is 5.64. The molecule has 1 unspecified atom stereocenters. The molecular weight excluding hydrogens is 278 g/mol. The second-order valence-corrected chi connectivity index (χ2v) is 6.31. The van der Waals surface area contributed by atoms with Crippen LogP contribution in [0, 0.1) is 0 Å². The van der Waals surface area contributed by atoms with Gasteiger partial charge >= 0.3 is 0 Å². The Morgan fingerprint density at radius 3 is 2.80 bits per heavy atom. The van der Waals surface area contributed by atoms with Crippen LogP contribution in [0.2, 0.25) is 0 Å². The van der Waals surface area contributed by atoms with Gasteiger partial charge in [-0.15, -0.1) is 0 Å². The Labute approximate surface area is 118 Å². The predicted octanol–water partition coefficient (Wildman–Crippen LogP) is 1.49. The van der Waals surface area contributed by atoms with Crippen molar-refractivity contribution < 1.29 is 13.2 Å². The number of rotatable bonds is 5. The summed E-state index contributed by atoms with van der Waals surface area (Å²) in [5.74, 6) is 0.738. The van der Waals surface area contributed by atoms with Gasteiger partial charge in [0.05, 0.1) is 25.2 Å². The highest BCUT2D eigenvalue weighted by Crippen LogP contribution is 2.18. The molecule has 0 aliphatic heterocycles. The van der Waals surface area contributed by atoms with Gasteiger partial charge in [-0.1, -0.05) is 6.07 Å². The standard InChI is InChI=1S/C13H17N3O3S/c1-10(15-20(3,17)18)11-8-14-16(9-11)12-5-4-6-13(7-12)19-2/h4-10,15H,1-3H3. The zero-order valence-corrected chi connectivity index (χ0v) is 12.4. The van der Waals surface area contributed by atoms with Crippen molar-refractivity contribution in [3.8, 4) is 11.4 Å². The smallest absolute Gasteiger partial charge is 0.209 e. The van der Waals surface area contributed by atoms with Gasteiger partial charge in [0.25, 0.3) is 0 Å². The van der Waals surface area contributed by atoms with Crippen LogP contribution in [0.15, 0.2) is 36.7 Å². The van der Waals surface area contributed by atoms with E-state index in [1.165, 1.54) is 0 Å². The van der Waals surface area contributed by atoms with E-state index in [1.807, 2.05) is 24.3 Å². The molecule has 0 saturated carbocycles. The second-order valence-electron chi connectivity index (χ2n) is 4.53. The van der Waals surface area contributed by atoms with Crippen molar-refractivity contribution in [2.24, 2.45) is 0 Å². The average molecular weight is 295 g/mol. The summed E-state index contributed by atoms with van der Waals surface area (Å²) in [6, 6.07) is 7.14. The summed E-state index contributed by atoms with van der Waals surface area (Å²) >= 11 is 0. The molecule has 1 atom stereocenters. The molecule has 7 heteroatoms. The van der Waals surface area contributed by atoms with E-state index in [9.17, 15) is 8.42 Å². The van der Waals surface area contributed by atoms with Crippen molar-refractivity contribution in [2.45, 2.75) is 13.0 Å². The van der Waals surface area contributed by atoms with Crippen LogP contribution in [0.1, 0.15) is 18.5 Å². The summed E-state index contributed by atoms with van der Waals surface area (Å²) in [6.45, 7) is 1.77. The number of sulfonamides is 1. The lowest BCUT2D eigenvalue weighted by molar-refractivity contribution is 0.414. The Morgan fingerprint density at radius 2 is 2.15 bits per heavy atom. The summed E-state index contributed by atoms with van der Waals surface area (Å²) in [4.78, 5) is 0. The summed E-state index contributed by atoms with van der Waals surface area (Å²) in [5.41, 5.74) is 1.64. The third-order valence-corrected chi connectivity index (χ3v) is 3.59. The van der Waals surface area contributed by atoms with Gasteiger partial charge in [-0.3, -0.25) is 0 Å². The minimum absolute atomic E-state index is 0.329. The fraction of sp³-hybridized carbons (Fsp3) is 0.308. The molecule has 6 nitrogen and oxygen atoms in total. The lowest BCUT2D eigenvalue weighted by atomic mass is 10.2. The number of nitrogens with zero attached hydrogens (tertiary/aromatic N) is 2. The lowest BCUT2D eigenvalue weighted by Gasteiger charge is -2.09. The molecule has 108 valence electrons. The molecule has 0 amide bonds. The van der Waals surface area contributed by atoms with Crippen LogP contribution in [0.5, 0.6) is 5.75 Å². The van der Waals surface area contributed by atoms with Gasteiger partial charge in [-0.25, -0.2) is 17.8 Å². The highest BCUT2D eigenvalue weighted by atomic mass is 32.2. The summed E-state index contributed by atoms with van der Waals surface area (Å²) in [5, 5.41) is 4.24. The number of ether oxygens (including phenoxy) is 1. The van der Waals surface area contributed by atoms with Crippen molar-refractivity contribution in [2.75, 3.05) is 13.4 Å². The Morgan fingerprint density at radius 1 is 1.40 bits per heavy atom. The molecule has 2 rings (SSSR count). The van der Waals surface area contributed by atoms with E-state index in [2.05, 4.69) is 9.82 Å². The molecule has 0 saturated heterocycles. The Hall–Kier alpha value is -1.86. The SMILES string of the molecule is COc1cccc(-n2cc(C(C)NS(C)(=O)=O)cn2)c1. The maximum atomic E-state index is 11.2. The first-order chi connectivity index (χ1) is 9.39. The number of hydrogen-bond donors (Lipinski definition) is 1. The minimum atomic E-state index is -3.24. The highest BCUT2D eigenvalue weighted by Gasteiger charge is 2.13. The van der Waals surface area contributed by atoms with Gasteiger partial charge in [0.2, 0.25) is 10.0 Å². The van der Waals surface area contributed by atoms with Crippen molar-refractivity contribution in [3.05, 3.63) is 42.2 Å². The monoisotopic (exact) mass is 295 g/mol. The molecular formula is C13H17N3O3S. The minimum Gasteiger partial charge on any atom is -0.497 e. The van der Waals surface area contributed by atoms with Crippen molar-refractivity contribution in [1.29, 1.82) is 0 Å². The van der Waals surface area contributed by atoms with Gasteiger partial charge in [-0.05, 0) is 19.1 Å². The van der Waals surface area contributed by atoms with E-state index >= 15 is 0 Å². The van der Waals surface area contributed by atoms with E-state index in [0.717, 1.165) is 23.3 Å². The lowest BCUT2D eigenvalue weighted by Crippen LogP contribution is -2.25. The van der Waals surface area contributed by atoms with Crippen LogP contribution in [0.3, 0.4) is 0 Å². The molecule has 0 aliphatic carbocycles. The third-order valence-electron chi connectivity index (χ3n) is 2.81. The molecule has 0 spiro atoms. The molecule has 2 aromatic rings. The number of aromatic nitrogens is 2. The summed E-state index contributed by atoms with van der Waals surface area (Å²) in [6.07, 6.45) is 4.57. The first-order valence-corrected chi connectivity index (χ1v) is 7.94. The van der Waals surface area contributed by atoms with E-state index in [-0.39, 0.29) is 6.04 Å².